The van der Waals surface area contributed by atoms with Crippen molar-refractivity contribution in [3.8, 4) is 0 Å². The van der Waals surface area contributed by atoms with E-state index in [-0.39, 0.29) is 12.3 Å². The van der Waals surface area contributed by atoms with E-state index in [2.05, 4.69) is 20.5 Å². The van der Waals surface area contributed by atoms with Crippen LogP contribution in [0.15, 0.2) is 34.9 Å². The van der Waals surface area contributed by atoms with E-state index in [0.717, 1.165) is 16.4 Å². The topological polar surface area (TPSA) is 67.2 Å². The molecule has 2 heterocycles. The van der Waals surface area contributed by atoms with Crippen molar-refractivity contribution in [3.05, 3.63) is 46.2 Å². The first-order valence-electron chi connectivity index (χ1n) is 5.80. The zero-order valence-corrected chi connectivity index (χ0v) is 11.6. The van der Waals surface area contributed by atoms with E-state index >= 15 is 0 Å². The lowest BCUT2D eigenvalue weighted by Crippen LogP contribution is -2.21. The number of nitrogens with one attached hydrogen (secondary N) is 1. The number of carbonyl (C=O) groups excluding carboxylic acids is 1. The van der Waals surface area contributed by atoms with Gasteiger partial charge in [0.1, 0.15) is 0 Å². The number of thiazole rings is 1. The van der Waals surface area contributed by atoms with Crippen molar-refractivity contribution in [2.24, 2.45) is 5.10 Å². The largest absolute Gasteiger partial charge is 0.273 e. The predicted octanol–water partition coefficient (Wildman–Crippen LogP) is 1.93. The molecule has 0 unspecified atom stereocenters. The minimum atomic E-state index is -0.180. The fourth-order valence-electron chi connectivity index (χ4n) is 1.47. The first-order valence-corrected chi connectivity index (χ1v) is 6.68. The molecule has 5 nitrogen and oxygen atoms in total. The number of rotatable bonds is 4. The molecule has 0 saturated heterocycles. The minimum absolute atomic E-state index is 0.180. The number of amides is 1. The van der Waals surface area contributed by atoms with Crippen LogP contribution in [0.1, 0.15) is 23.3 Å². The van der Waals surface area contributed by atoms with Crippen LogP contribution >= 0.6 is 11.3 Å². The Morgan fingerprint density at radius 1 is 1.47 bits per heavy atom. The normalized spacial score (nSPS) is 11.4. The van der Waals surface area contributed by atoms with Crippen LogP contribution in [0.4, 0.5) is 0 Å². The van der Waals surface area contributed by atoms with Crippen LogP contribution < -0.4 is 5.43 Å². The smallest absolute Gasteiger partial charge is 0.246 e. The Hall–Kier alpha value is -2.08. The van der Waals surface area contributed by atoms with E-state index in [1.807, 2.05) is 30.5 Å². The third kappa shape index (κ3) is 3.96. The summed E-state index contributed by atoms with van der Waals surface area (Å²) in [5.41, 5.74) is 4.69. The second kappa shape index (κ2) is 6.19. The molecule has 6 heteroatoms. The standard InChI is InChI=1S/C13H14N4OS/c1-9(12-5-3-4-6-14-12)16-17-13(18)7-11-8-19-10(2)15-11/h3-6,8H,7H2,1-2H3,(H,17,18). The quantitative estimate of drug-likeness (QED) is 0.684. The van der Waals surface area contributed by atoms with Gasteiger partial charge < -0.3 is 0 Å². The maximum Gasteiger partial charge on any atom is 0.246 e. The van der Waals surface area contributed by atoms with Gasteiger partial charge in [0.15, 0.2) is 0 Å². The molecule has 0 fully saturated rings. The molecule has 1 amide bonds. The molecule has 2 rings (SSSR count). The average Bonchev–Trinajstić information content (AvgIpc) is 2.82. The summed E-state index contributed by atoms with van der Waals surface area (Å²) < 4.78 is 0. The van der Waals surface area contributed by atoms with Crippen molar-refractivity contribution in [1.82, 2.24) is 15.4 Å². The lowest BCUT2D eigenvalue weighted by Gasteiger charge is -2.01. The molecule has 19 heavy (non-hydrogen) atoms. The first-order chi connectivity index (χ1) is 9.15. The maximum atomic E-state index is 11.7. The molecule has 0 bridgehead atoms. The highest BCUT2D eigenvalue weighted by molar-refractivity contribution is 7.09. The monoisotopic (exact) mass is 274 g/mol. The Labute approximate surface area is 115 Å². The van der Waals surface area contributed by atoms with Crippen LogP contribution in [0.2, 0.25) is 0 Å². The van der Waals surface area contributed by atoms with Gasteiger partial charge in [-0.15, -0.1) is 11.3 Å². The fourth-order valence-corrected chi connectivity index (χ4v) is 2.09. The molecule has 1 N–H and O–H groups in total. The Kier molecular flexibility index (Phi) is 4.35. The molecule has 0 aliphatic carbocycles. The highest BCUT2D eigenvalue weighted by Gasteiger charge is 2.06. The van der Waals surface area contributed by atoms with Crippen LogP contribution in [-0.4, -0.2) is 21.6 Å². The summed E-state index contributed by atoms with van der Waals surface area (Å²) in [6, 6.07) is 5.55. The fraction of sp³-hybridized carbons (Fsp3) is 0.231. The number of hydrogen-bond acceptors (Lipinski definition) is 5. The molecule has 0 spiro atoms. The second-order valence-corrected chi connectivity index (χ2v) is 5.04. The third-order valence-corrected chi connectivity index (χ3v) is 3.21. The molecule has 0 atom stereocenters. The van der Waals surface area contributed by atoms with E-state index < -0.39 is 0 Å². The van der Waals surface area contributed by atoms with Gasteiger partial charge in [-0.1, -0.05) is 6.07 Å². The Balaban J connectivity index is 1.93. The Morgan fingerprint density at radius 3 is 2.95 bits per heavy atom. The highest BCUT2D eigenvalue weighted by Crippen LogP contribution is 2.08. The van der Waals surface area contributed by atoms with Gasteiger partial charge in [0.05, 0.1) is 28.5 Å². The molecule has 2 aromatic heterocycles. The van der Waals surface area contributed by atoms with Crippen molar-refractivity contribution in [3.63, 3.8) is 0 Å². The zero-order valence-electron chi connectivity index (χ0n) is 10.8. The van der Waals surface area contributed by atoms with Crippen LogP contribution in [0.3, 0.4) is 0 Å². The summed E-state index contributed by atoms with van der Waals surface area (Å²) in [6.45, 7) is 3.71. The summed E-state index contributed by atoms with van der Waals surface area (Å²) in [6.07, 6.45) is 1.93. The van der Waals surface area contributed by atoms with Gasteiger partial charge in [0.25, 0.3) is 0 Å². The summed E-state index contributed by atoms with van der Waals surface area (Å²) in [5.74, 6) is -0.180. The number of nitrogens with zero attached hydrogens (tertiary/aromatic N) is 3. The van der Waals surface area contributed by atoms with Crippen molar-refractivity contribution in [2.45, 2.75) is 20.3 Å². The number of hydrogen-bond donors (Lipinski definition) is 1. The summed E-state index contributed by atoms with van der Waals surface area (Å²) in [7, 11) is 0. The van der Waals surface area contributed by atoms with Gasteiger partial charge in [0, 0.05) is 11.6 Å². The van der Waals surface area contributed by atoms with E-state index in [9.17, 15) is 4.79 Å². The molecule has 98 valence electrons. The number of aryl methyl sites for hydroxylation is 1. The van der Waals surface area contributed by atoms with Gasteiger partial charge in [-0.3, -0.25) is 9.78 Å². The van der Waals surface area contributed by atoms with E-state index in [1.165, 1.54) is 11.3 Å². The van der Waals surface area contributed by atoms with Crippen LogP contribution in [-0.2, 0) is 11.2 Å². The lowest BCUT2D eigenvalue weighted by molar-refractivity contribution is -0.120. The zero-order chi connectivity index (χ0) is 13.7. The number of aromatic nitrogens is 2. The molecule has 0 aliphatic rings. The molecular weight excluding hydrogens is 260 g/mol. The molecule has 2 aromatic rings. The van der Waals surface area contributed by atoms with Gasteiger partial charge in [0.2, 0.25) is 5.91 Å². The maximum absolute atomic E-state index is 11.7. The number of hydrazone groups is 1. The van der Waals surface area contributed by atoms with Crippen molar-refractivity contribution in [2.75, 3.05) is 0 Å². The summed E-state index contributed by atoms with van der Waals surface area (Å²) in [4.78, 5) is 20.1. The first kappa shape index (κ1) is 13.4. The van der Waals surface area contributed by atoms with Crippen molar-refractivity contribution in [1.29, 1.82) is 0 Å². The second-order valence-electron chi connectivity index (χ2n) is 3.98. The molecule has 0 radical (unpaired) electrons. The molecule has 0 aliphatic heterocycles. The summed E-state index contributed by atoms with van der Waals surface area (Å²) >= 11 is 1.53. The SMILES string of the molecule is CC(=NNC(=O)Cc1csc(C)n1)c1ccccn1. The number of pyridine rings is 1. The summed E-state index contributed by atoms with van der Waals surface area (Å²) in [5, 5.41) is 6.86. The molecule has 0 saturated carbocycles. The van der Waals surface area contributed by atoms with Crippen LogP contribution in [0.5, 0.6) is 0 Å². The average molecular weight is 274 g/mol. The number of carbonyl (C=O) groups is 1. The molecule has 0 aromatic carbocycles. The van der Waals surface area contributed by atoms with Crippen LogP contribution in [0.25, 0.3) is 0 Å². The highest BCUT2D eigenvalue weighted by atomic mass is 32.1. The van der Waals surface area contributed by atoms with Gasteiger partial charge in [-0.2, -0.15) is 5.10 Å². The van der Waals surface area contributed by atoms with E-state index in [4.69, 9.17) is 0 Å². The van der Waals surface area contributed by atoms with Gasteiger partial charge in [-0.25, -0.2) is 10.4 Å². The predicted molar refractivity (Wildman–Crippen MR) is 75.1 cm³/mol. The molecular formula is C13H14N4OS. The van der Waals surface area contributed by atoms with E-state index in [0.29, 0.717) is 5.71 Å². The lowest BCUT2D eigenvalue weighted by atomic mass is 10.3. The minimum Gasteiger partial charge on any atom is -0.273 e. The van der Waals surface area contributed by atoms with Crippen molar-refractivity contribution >= 4 is 23.0 Å². The van der Waals surface area contributed by atoms with E-state index in [1.54, 1.807) is 13.1 Å². The van der Waals surface area contributed by atoms with Gasteiger partial charge >= 0.3 is 0 Å². The van der Waals surface area contributed by atoms with Crippen molar-refractivity contribution < 1.29 is 4.79 Å². The Bertz CT molecular complexity index is 592. The van der Waals surface area contributed by atoms with Gasteiger partial charge in [-0.05, 0) is 26.0 Å². The Morgan fingerprint density at radius 2 is 2.32 bits per heavy atom. The van der Waals surface area contributed by atoms with Crippen LogP contribution in [0, 0.1) is 6.92 Å². The third-order valence-electron chi connectivity index (χ3n) is 2.39.